The van der Waals surface area contributed by atoms with Crippen molar-refractivity contribution in [3.63, 3.8) is 0 Å². The van der Waals surface area contributed by atoms with Crippen LogP contribution in [0.5, 0.6) is 0 Å². The summed E-state index contributed by atoms with van der Waals surface area (Å²) >= 11 is 0. The average Bonchev–Trinajstić information content (AvgIpc) is 3.16. The number of anilines is 1. The van der Waals surface area contributed by atoms with Crippen molar-refractivity contribution in [3.05, 3.63) is 78.0 Å². The summed E-state index contributed by atoms with van der Waals surface area (Å²) in [4.78, 5) is 16.0. The van der Waals surface area contributed by atoms with Gasteiger partial charge in [-0.05, 0) is 29.0 Å². The van der Waals surface area contributed by atoms with E-state index in [2.05, 4.69) is 15.5 Å². The summed E-state index contributed by atoms with van der Waals surface area (Å²) in [6, 6.07) is 19.7. The zero-order valence-corrected chi connectivity index (χ0v) is 16.9. The van der Waals surface area contributed by atoms with Crippen LogP contribution in [0.2, 0.25) is 0 Å². The van der Waals surface area contributed by atoms with E-state index in [1.54, 1.807) is 0 Å². The third-order valence-corrected chi connectivity index (χ3v) is 5.94. The molecular weight excluding hydrogens is 374 g/mol. The topological polar surface area (TPSA) is 60.5 Å². The number of fused-ring (bicyclic) bond motifs is 2. The molecule has 2 N–H and O–H groups in total. The Morgan fingerprint density at radius 3 is 2.60 bits per heavy atom. The number of nitrogens with zero attached hydrogens (tertiary/aromatic N) is 2. The molecule has 1 saturated heterocycles. The fourth-order valence-corrected chi connectivity index (χ4v) is 4.33. The van der Waals surface area contributed by atoms with Crippen molar-refractivity contribution in [3.8, 4) is 0 Å². The molecule has 152 valence electrons. The maximum Gasteiger partial charge on any atom is 0.195 e. The molecule has 3 aromatic carbocycles. The smallest absolute Gasteiger partial charge is 0.195 e. The van der Waals surface area contributed by atoms with E-state index in [-0.39, 0.29) is 5.78 Å². The van der Waals surface area contributed by atoms with Gasteiger partial charge < -0.3 is 15.0 Å². The summed E-state index contributed by atoms with van der Waals surface area (Å²) < 4.78 is 7.66. The largest absolute Gasteiger partial charge is 0.399 e. The van der Waals surface area contributed by atoms with Gasteiger partial charge in [-0.3, -0.25) is 9.69 Å². The number of ether oxygens (including phenoxy) is 1. The second-order valence-electron chi connectivity index (χ2n) is 7.82. The van der Waals surface area contributed by atoms with Crippen molar-refractivity contribution in [2.24, 2.45) is 0 Å². The lowest BCUT2D eigenvalue weighted by Gasteiger charge is -2.26. The summed E-state index contributed by atoms with van der Waals surface area (Å²) in [6.07, 6.45) is 2.02. The Balaban J connectivity index is 1.52. The second-order valence-corrected chi connectivity index (χ2v) is 7.82. The SMILES string of the molecule is Nc1ccc2c(C(=O)c3cn(CCN4CCOCC4)c4ccccc34)cccc2c1. The van der Waals surface area contributed by atoms with E-state index in [0.29, 0.717) is 11.3 Å². The molecule has 0 bridgehead atoms. The summed E-state index contributed by atoms with van der Waals surface area (Å²) in [5.74, 6) is 0.0479. The molecule has 5 rings (SSSR count). The number of para-hydroxylation sites is 1. The first-order valence-corrected chi connectivity index (χ1v) is 10.4. The van der Waals surface area contributed by atoms with Gasteiger partial charge in [0.2, 0.25) is 0 Å². The average molecular weight is 399 g/mol. The third kappa shape index (κ3) is 3.47. The molecule has 4 aromatic rings. The number of carbonyl (C=O) groups excluding carboxylic acids is 1. The molecule has 1 aromatic heterocycles. The van der Waals surface area contributed by atoms with Gasteiger partial charge in [-0.2, -0.15) is 0 Å². The number of benzene rings is 3. The number of morpholine rings is 1. The van der Waals surface area contributed by atoms with Gasteiger partial charge in [-0.25, -0.2) is 0 Å². The summed E-state index contributed by atoms with van der Waals surface area (Å²) in [5, 5.41) is 2.91. The molecule has 0 radical (unpaired) electrons. The quantitative estimate of drug-likeness (QED) is 0.408. The van der Waals surface area contributed by atoms with Crippen molar-refractivity contribution >= 4 is 33.1 Å². The highest BCUT2D eigenvalue weighted by atomic mass is 16.5. The van der Waals surface area contributed by atoms with Crippen LogP contribution in [0.3, 0.4) is 0 Å². The van der Waals surface area contributed by atoms with Gasteiger partial charge in [0.25, 0.3) is 0 Å². The molecule has 30 heavy (non-hydrogen) atoms. The lowest BCUT2D eigenvalue weighted by Crippen LogP contribution is -2.38. The standard InChI is InChI=1S/C25H25N3O2/c26-19-8-9-20-18(16-19)4-3-6-22(20)25(29)23-17-28(24-7-2-1-5-21(23)24)11-10-27-12-14-30-15-13-27/h1-9,16-17H,10-15,26H2. The zero-order chi connectivity index (χ0) is 20.5. The number of rotatable bonds is 5. The van der Waals surface area contributed by atoms with Crippen LogP contribution in [0.15, 0.2) is 66.9 Å². The van der Waals surface area contributed by atoms with Crippen LogP contribution in [-0.2, 0) is 11.3 Å². The van der Waals surface area contributed by atoms with E-state index >= 15 is 0 Å². The van der Waals surface area contributed by atoms with E-state index < -0.39 is 0 Å². The van der Waals surface area contributed by atoms with Crippen LogP contribution in [0, 0.1) is 0 Å². The first kappa shape index (κ1) is 18.9. The number of carbonyl (C=O) groups is 1. The van der Waals surface area contributed by atoms with Crippen molar-refractivity contribution in [2.45, 2.75) is 6.54 Å². The van der Waals surface area contributed by atoms with Gasteiger partial charge in [-0.1, -0.05) is 42.5 Å². The number of nitrogen functional groups attached to an aromatic ring is 1. The predicted molar refractivity (Wildman–Crippen MR) is 121 cm³/mol. The van der Waals surface area contributed by atoms with Gasteiger partial charge in [0.1, 0.15) is 0 Å². The lowest BCUT2D eigenvalue weighted by atomic mass is 9.97. The highest BCUT2D eigenvalue weighted by Crippen LogP contribution is 2.28. The number of aromatic nitrogens is 1. The minimum atomic E-state index is 0.0479. The minimum Gasteiger partial charge on any atom is -0.399 e. The summed E-state index contributed by atoms with van der Waals surface area (Å²) in [7, 11) is 0. The van der Waals surface area contributed by atoms with Gasteiger partial charge in [-0.15, -0.1) is 0 Å². The molecule has 5 heteroatoms. The lowest BCUT2D eigenvalue weighted by molar-refractivity contribution is 0.0365. The second kappa shape index (κ2) is 7.94. The summed E-state index contributed by atoms with van der Waals surface area (Å²) in [5.41, 5.74) is 9.19. The van der Waals surface area contributed by atoms with E-state index in [0.717, 1.165) is 66.6 Å². The first-order chi connectivity index (χ1) is 14.7. The van der Waals surface area contributed by atoms with Crippen LogP contribution >= 0.6 is 0 Å². The molecule has 0 spiro atoms. The van der Waals surface area contributed by atoms with E-state index in [4.69, 9.17) is 10.5 Å². The van der Waals surface area contributed by atoms with Gasteiger partial charge in [0.05, 0.1) is 13.2 Å². The van der Waals surface area contributed by atoms with E-state index in [9.17, 15) is 4.79 Å². The monoisotopic (exact) mass is 399 g/mol. The third-order valence-electron chi connectivity index (χ3n) is 5.94. The minimum absolute atomic E-state index is 0.0479. The number of hydrogen-bond acceptors (Lipinski definition) is 4. The fraction of sp³-hybridized carbons (Fsp3) is 0.240. The Bertz CT molecular complexity index is 1220. The maximum atomic E-state index is 13.6. The molecular formula is C25H25N3O2. The molecule has 1 fully saturated rings. The summed E-state index contributed by atoms with van der Waals surface area (Å²) in [6.45, 7) is 5.31. The van der Waals surface area contributed by atoms with Crippen molar-refractivity contribution in [1.82, 2.24) is 9.47 Å². The molecule has 1 aliphatic rings. The Kier molecular flexibility index (Phi) is 4.99. The Hall–Kier alpha value is -3.15. The Labute approximate surface area is 175 Å². The number of ketones is 1. The molecule has 0 unspecified atom stereocenters. The fourth-order valence-electron chi connectivity index (χ4n) is 4.33. The van der Waals surface area contributed by atoms with E-state index in [1.165, 1.54) is 0 Å². The highest BCUT2D eigenvalue weighted by molar-refractivity contribution is 6.21. The Morgan fingerprint density at radius 1 is 0.900 bits per heavy atom. The molecule has 5 nitrogen and oxygen atoms in total. The highest BCUT2D eigenvalue weighted by Gasteiger charge is 2.19. The first-order valence-electron chi connectivity index (χ1n) is 10.4. The normalized spacial score (nSPS) is 15.1. The van der Waals surface area contributed by atoms with Crippen molar-refractivity contribution < 1.29 is 9.53 Å². The molecule has 2 heterocycles. The molecule has 0 aliphatic carbocycles. The molecule has 0 atom stereocenters. The maximum absolute atomic E-state index is 13.6. The number of nitrogens with two attached hydrogens (primary N) is 1. The molecule has 0 saturated carbocycles. The predicted octanol–water partition coefficient (Wildman–Crippen LogP) is 3.94. The molecule has 1 aliphatic heterocycles. The molecule has 0 amide bonds. The van der Waals surface area contributed by atoms with Gasteiger partial charge in [0, 0.05) is 60.1 Å². The number of hydrogen-bond donors (Lipinski definition) is 1. The van der Waals surface area contributed by atoms with Crippen LogP contribution in [-0.4, -0.2) is 48.1 Å². The van der Waals surface area contributed by atoms with Crippen LogP contribution in [0.1, 0.15) is 15.9 Å². The van der Waals surface area contributed by atoms with Crippen LogP contribution in [0.4, 0.5) is 5.69 Å². The van der Waals surface area contributed by atoms with Crippen molar-refractivity contribution in [1.29, 1.82) is 0 Å². The van der Waals surface area contributed by atoms with Crippen molar-refractivity contribution in [2.75, 3.05) is 38.6 Å². The Morgan fingerprint density at radius 2 is 1.73 bits per heavy atom. The van der Waals surface area contributed by atoms with Gasteiger partial charge >= 0.3 is 0 Å². The zero-order valence-electron chi connectivity index (χ0n) is 16.9. The van der Waals surface area contributed by atoms with Gasteiger partial charge in [0.15, 0.2) is 5.78 Å². The van der Waals surface area contributed by atoms with E-state index in [1.807, 2.05) is 60.8 Å². The van der Waals surface area contributed by atoms with Crippen LogP contribution in [0.25, 0.3) is 21.7 Å². The van der Waals surface area contributed by atoms with Crippen LogP contribution < -0.4 is 5.73 Å².